The minimum atomic E-state index is -0.467. The fraction of sp³-hybridized carbons (Fsp3) is 0.200. The van der Waals surface area contributed by atoms with Gasteiger partial charge in [-0.05, 0) is 17.4 Å². The number of rotatable bonds is 4. The van der Waals surface area contributed by atoms with Crippen molar-refractivity contribution in [1.29, 1.82) is 5.26 Å². The zero-order valence-corrected chi connectivity index (χ0v) is 15.8. The summed E-state index contributed by atoms with van der Waals surface area (Å²) in [6.45, 7) is 4.41. The van der Waals surface area contributed by atoms with Crippen LogP contribution in [-0.4, -0.2) is 24.2 Å². The van der Waals surface area contributed by atoms with E-state index in [-0.39, 0.29) is 23.1 Å². The van der Waals surface area contributed by atoms with Crippen molar-refractivity contribution in [3.63, 3.8) is 0 Å². The Hall–Kier alpha value is -3.24. The number of hydrogen-bond acceptors (Lipinski definition) is 5. The van der Waals surface area contributed by atoms with Crippen molar-refractivity contribution < 1.29 is 9.59 Å². The Bertz CT molecular complexity index is 982. The Labute approximate surface area is 161 Å². The van der Waals surface area contributed by atoms with Crippen molar-refractivity contribution in [1.82, 2.24) is 10.6 Å². The van der Waals surface area contributed by atoms with Gasteiger partial charge in [0.25, 0.3) is 11.8 Å². The Morgan fingerprint density at radius 3 is 2.56 bits per heavy atom. The first-order valence-corrected chi connectivity index (χ1v) is 9.35. The molecule has 7 heteroatoms. The number of nitriles is 1. The van der Waals surface area contributed by atoms with Crippen LogP contribution in [0.3, 0.4) is 0 Å². The zero-order chi connectivity index (χ0) is 19.4. The molecule has 0 fully saturated rings. The topological polar surface area (TPSA) is 94.3 Å². The lowest BCUT2D eigenvalue weighted by Gasteiger charge is -2.08. The Morgan fingerprint density at radius 2 is 1.93 bits per heavy atom. The molecule has 0 unspecified atom stereocenters. The van der Waals surface area contributed by atoms with Gasteiger partial charge in [-0.1, -0.05) is 44.2 Å². The molecule has 0 saturated carbocycles. The lowest BCUT2D eigenvalue weighted by Crippen LogP contribution is -2.29. The number of carbonyl (C=O) groups excluding carboxylic acids is 2. The van der Waals surface area contributed by atoms with E-state index in [4.69, 9.17) is 0 Å². The normalized spacial score (nSPS) is 14.2. The van der Waals surface area contributed by atoms with Gasteiger partial charge in [0.1, 0.15) is 17.5 Å². The second-order valence-electron chi connectivity index (χ2n) is 6.38. The van der Waals surface area contributed by atoms with E-state index in [0.29, 0.717) is 28.4 Å². The molecule has 0 bridgehead atoms. The third-order valence-corrected chi connectivity index (χ3v) is 4.75. The highest BCUT2D eigenvalue weighted by atomic mass is 32.1. The van der Waals surface area contributed by atoms with Crippen molar-refractivity contribution in [2.24, 2.45) is 10.9 Å². The standard InChI is InChI=1S/C20H18N4O2S/c1-12(2)11-22-19(25)15(10-21)17-13-6-3-4-7-14(13)18(23-17)24-20(26)16-8-5-9-27-16/h3-9,12H,11H2,1-2H3,(H,22,25)(H,23,24,26)/b17-15-. The number of nitrogens with zero attached hydrogens (tertiary/aromatic N) is 2. The highest BCUT2D eigenvalue weighted by Crippen LogP contribution is 2.30. The van der Waals surface area contributed by atoms with E-state index in [1.54, 1.807) is 30.3 Å². The molecular weight excluding hydrogens is 360 g/mol. The van der Waals surface area contributed by atoms with Crippen molar-refractivity contribution >= 4 is 34.7 Å². The van der Waals surface area contributed by atoms with Crippen molar-refractivity contribution in [3.05, 3.63) is 63.4 Å². The molecule has 1 aromatic carbocycles. The molecule has 2 N–H and O–H groups in total. The highest BCUT2D eigenvalue weighted by molar-refractivity contribution is 7.12. The molecular formula is C20H18N4O2S. The van der Waals surface area contributed by atoms with Gasteiger partial charge in [-0.2, -0.15) is 5.26 Å². The SMILES string of the molecule is CC(C)CNC(=O)/C(C#N)=C1\N=C(NC(=O)c2cccs2)c2ccccc21. The minimum absolute atomic E-state index is 0.0662. The van der Waals surface area contributed by atoms with Crippen LogP contribution in [0.15, 0.2) is 52.3 Å². The summed E-state index contributed by atoms with van der Waals surface area (Å²) in [7, 11) is 0. The number of nitrogens with one attached hydrogen (secondary N) is 2. The maximum absolute atomic E-state index is 12.4. The molecule has 0 atom stereocenters. The van der Waals surface area contributed by atoms with Gasteiger partial charge in [-0.25, -0.2) is 4.99 Å². The van der Waals surface area contributed by atoms with Crippen LogP contribution in [0, 0.1) is 17.2 Å². The van der Waals surface area contributed by atoms with Gasteiger partial charge in [0.15, 0.2) is 0 Å². The molecule has 1 aliphatic heterocycles. The average Bonchev–Trinajstić information content (AvgIpc) is 3.30. The monoisotopic (exact) mass is 378 g/mol. The predicted octanol–water partition coefficient (Wildman–Crippen LogP) is 2.95. The fourth-order valence-electron chi connectivity index (χ4n) is 2.59. The third kappa shape index (κ3) is 3.96. The molecule has 27 heavy (non-hydrogen) atoms. The zero-order valence-electron chi connectivity index (χ0n) is 14.9. The van der Waals surface area contributed by atoms with Gasteiger partial charge in [-0.3, -0.25) is 9.59 Å². The highest BCUT2D eigenvalue weighted by Gasteiger charge is 2.27. The lowest BCUT2D eigenvalue weighted by atomic mass is 10.0. The lowest BCUT2D eigenvalue weighted by molar-refractivity contribution is -0.117. The van der Waals surface area contributed by atoms with Crippen LogP contribution < -0.4 is 10.6 Å². The molecule has 2 heterocycles. The largest absolute Gasteiger partial charge is 0.351 e. The summed E-state index contributed by atoms with van der Waals surface area (Å²) >= 11 is 1.33. The number of amides is 2. The van der Waals surface area contributed by atoms with E-state index in [2.05, 4.69) is 15.6 Å². The van der Waals surface area contributed by atoms with Gasteiger partial charge < -0.3 is 10.6 Å². The summed E-state index contributed by atoms with van der Waals surface area (Å²) in [6.07, 6.45) is 0. The molecule has 0 spiro atoms. The molecule has 2 amide bonds. The van der Waals surface area contributed by atoms with Crippen LogP contribution >= 0.6 is 11.3 Å². The Balaban J connectivity index is 1.97. The van der Waals surface area contributed by atoms with Crippen molar-refractivity contribution in [2.75, 3.05) is 6.54 Å². The van der Waals surface area contributed by atoms with E-state index >= 15 is 0 Å². The minimum Gasteiger partial charge on any atom is -0.351 e. The number of benzene rings is 1. The fourth-order valence-corrected chi connectivity index (χ4v) is 3.21. The first-order valence-electron chi connectivity index (χ1n) is 8.47. The molecule has 6 nitrogen and oxygen atoms in total. The van der Waals surface area contributed by atoms with E-state index < -0.39 is 5.91 Å². The Kier molecular flexibility index (Phi) is 5.48. The second kappa shape index (κ2) is 7.98. The average molecular weight is 378 g/mol. The third-order valence-electron chi connectivity index (χ3n) is 3.88. The molecule has 0 radical (unpaired) electrons. The summed E-state index contributed by atoms with van der Waals surface area (Å²) in [5, 5.41) is 16.9. The van der Waals surface area contributed by atoms with Crippen LogP contribution in [0.4, 0.5) is 0 Å². The molecule has 2 aromatic rings. The molecule has 136 valence electrons. The van der Waals surface area contributed by atoms with E-state index in [9.17, 15) is 14.9 Å². The molecule has 0 aliphatic carbocycles. The number of hydrogen-bond donors (Lipinski definition) is 2. The first kappa shape index (κ1) is 18.5. The molecule has 1 aromatic heterocycles. The van der Waals surface area contributed by atoms with Crippen LogP contribution in [-0.2, 0) is 4.79 Å². The maximum atomic E-state index is 12.4. The summed E-state index contributed by atoms with van der Waals surface area (Å²) in [4.78, 5) is 29.8. The van der Waals surface area contributed by atoms with Crippen molar-refractivity contribution in [3.8, 4) is 6.07 Å². The summed E-state index contributed by atoms with van der Waals surface area (Å²) in [5.74, 6) is -0.143. The van der Waals surface area contributed by atoms with Crippen LogP contribution in [0.2, 0.25) is 0 Å². The van der Waals surface area contributed by atoms with Crippen LogP contribution in [0.1, 0.15) is 34.6 Å². The summed E-state index contributed by atoms with van der Waals surface area (Å²) < 4.78 is 0. The maximum Gasteiger partial charge on any atom is 0.266 e. The smallest absolute Gasteiger partial charge is 0.266 e. The summed E-state index contributed by atoms with van der Waals surface area (Å²) in [6, 6.07) is 12.7. The quantitative estimate of drug-likeness (QED) is 0.633. The number of fused-ring (bicyclic) bond motifs is 1. The number of amidine groups is 1. The van der Waals surface area contributed by atoms with Gasteiger partial charge in [-0.15, -0.1) is 11.3 Å². The van der Waals surface area contributed by atoms with Gasteiger partial charge in [0.2, 0.25) is 0 Å². The van der Waals surface area contributed by atoms with Crippen molar-refractivity contribution in [2.45, 2.75) is 13.8 Å². The summed E-state index contributed by atoms with van der Waals surface area (Å²) in [5.41, 5.74) is 1.54. The molecule has 1 aliphatic rings. The van der Waals surface area contributed by atoms with Crippen LogP contribution in [0.25, 0.3) is 5.70 Å². The van der Waals surface area contributed by atoms with Gasteiger partial charge in [0.05, 0.1) is 10.6 Å². The van der Waals surface area contributed by atoms with Gasteiger partial charge >= 0.3 is 0 Å². The predicted molar refractivity (Wildman–Crippen MR) is 105 cm³/mol. The molecule has 3 rings (SSSR count). The second-order valence-corrected chi connectivity index (χ2v) is 7.32. The van der Waals surface area contributed by atoms with E-state index in [0.717, 1.165) is 0 Å². The van der Waals surface area contributed by atoms with E-state index in [1.807, 2.05) is 31.4 Å². The first-order chi connectivity index (χ1) is 13.0. The Morgan fingerprint density at radius 1 is 1.19 bits per heavy atom. The number of aliphatic imine (C=N–C) groups is 1. The van der Waals surface area contributed by atoms with Gasteiger partial charge in [0, 0.05) is 17.7 Å². The van der Waals surface area contributed by atoms with Crippen LogP contribution in [0.5, 0.6) is 0 Å². The number of thiophene rings is 1. The molecule has 0 saturated heterocycles. The number of carbonyl (C=O) groups is 2. The van der Waals surface area contributed by atoms with E-state index in [1.165, 1.54) is 11.3 Å².